The van der Waals surface area contributed by atoms with E-state index in [0.29, 0.717) is 47.1 Å². The highest BCUT2D eigenvalue weighted by atomic mass is 16.3. The van der Waals surface area contributed by atoms with E-state index >= 15 is 0 Å². The molecule has 2 aromatic carbocycles. The van der Waals surface area contributed by atoms with E-state index in [4.69, 9.17) is 17.2 Å². The number of likely N-dealkylation sites (tertiary alicyclic amines) is 1. The Balaban J connectivity index is 1.22. The first-order valence-electron chi connectivity index (χ1n) is 29.3. The number of para-hydroxylation sites is 1. The number of aliphatic hydroxyl groups is 1. The summed E-state index contributed by atoms with van der Waals surface area (Å²) >= 11 is 0. The van der Waals surface area contributed by atoms with Crippen LogP contribution in [0.1, 0.15) is 95.4 Å². The van der Waals surface area contributed by atoms with Crippen molar-refractivity contribution in [2.75, 3.05) is 32.8 Å². The molecule has 472 valence electrons. The smallest absolute Gasteiger partial charge is 0.245 e. The minimum absolute atomic E-state index is 0.0471. The highest BCUT2D eigenvalue weighted by Gasteiger charge is 2.40. The zero-order valence-corrected chi connectivity index (χ0v) is 49.2. The van der Waals surface area contributed by atoms with Crippen molar-refractivity contribution < 1.29 is 58.2 Å². The van der Waals surface area contributed by atoms with Crippen LogP contribution in [0.15, 0.2) is 72.2 Å². The molecule has 0 radical (unpaired) electrons. The number of aromatic hydroxyl groups is 1. The Hall–Kier alpha value is -9.12. The van der Waals surface area contributed by atoms with Crippen LogP contribution >= 0.6 is 0 Å². The van der Waals surface area contributed by atoms with Gasteiger partial charge in [-0.3, -0.25) is 52.9 Å². The number of amides is 10. The molecule has 10 amide bonds. The van der Waals surface area contributed by atoms with Crippen molar-refractivity contribution in [2.24, 2.45) is 28.1 Å². The number of guanidine groups is 1. The number of H-pyrrole nitrogens is 2. The number of imidazole rings is 1. The van der Waals surface area contributed by atoms with Crippen LogP contribution in [0.25, 0.3) is 10.9 Å². The maximum atomic E-state index is 14.6. The van der Waals surface area contributed by atoms with Gasteiger partial charge in [0, 0.05) is 74.3 Å². The number of hydrogen-bond donors (Lipinski definition) is 16. The highest BCUT2D eigenvalue weighted by Crippen LogP contribution is 2.22. The lowest BCUT2D eigenvalue weighted by atomic mass is 10.0. The number of nitrogens with zero attached hydrogens (tertiary/aromatic N) is 3. The number of nitrogens with one attached hydrogen (secondary N) is 11. The van der Waals surface area contributed by atoms with Gasteiger partial charge < -0.3 is 90.1 Å². The molecular formula is C58H83N17O12. The summed E-state index contributed by atoms with van der Waals surface area (Å²) < 4.78 is 0. The SMILES string of the molecule is CCNC(=O)[C@@H]1CCCN1C(=O)[C@H](CCCN=C(N)N)NC(=O)[C@H](CC(C)C)NC(=O)[C@@H](CCCN)NC(=O)[C@H](Cc1ccc(O)cc1)NC(=O)[C@H](CO)NC(=O)[C@H](Cc1c[nH]c2ccccc12)NC(=O)[C@H](Cc1cnc[nH]1)NC(=O)[C@@H]1CCC(=O)N1. The van der Waals surface area contributed by atoms with Gasteiger partial charge in [-0.15, -0.1) is 0 Å². The molecule has 0 unspecified atom stereocenters. The zero-order valence-electron chi connectivity index (χ0n) is 49.2. The maximum absolute atomic E-state index is 14.6. The molecule has 2 aliphatic heterocycles. The molecule has 0 saturated carbocycles. The van der Waals surface area contributed by atoms with Crippen molar-refractivity contribution in [3.05, 3.63) is 84.1 Å². The molecule has 9 atom stereocenters. The Morgan fingerprint density at radius 3 is 1.97 bits per heavy atom. The molecule has 2 saturated heterocycles. The number of nitrogens with two attached hydrogens (primary N) is 3. The largest absolute Gasteiger partial charge is 0.508 e. The number of carbonyl (C=O) groups excluding carboxylic acids is 10. The van der Waals surface area contributed by atoms with Crippen LogP contribution in [0, 0.1) is 5.92 Å². The van der Waals surface area contributed by atoms with Crippen LogP contribution in [-0.4, -0.2) is 182 Å². The summed E-state index contributed by atoms with van der Waals surface area (Å²) in [5.41, 5.74) is 19.2. The summed E-state index contributed by atoms with van der Waals surface area (Å²) in [5.74, 6) is -7.50. The van der Waals surface area contributed by atoms with E-state index in [9.17, 15) is 58.2 Å². The number of aliphatic imine (C=N–C) groups is 1. The van der Waals surface area contributed by atoms with Gasteiger partial charge in [0.2, 0.25) is 59.1 Å². The van der Waals surface area contributed by atoms with Crippen LogP contribution in [0.4, 0.5) is 0 Å². The van der Waals surface area contributed by atoms with Crippen molar-refractivity contribution >= 4 is 75.9 Å². The molecule has 0 bridgehead atoms. The van der Waals surface area contributed by atoms with Crippen molar-refractivity contribution in [1.82, 2.24) is 67.7 Å². The summed E-state index contributed by atoms with van der Waals surface area (Å²) in [6, 6.07) is 1.37. The van der Waals surface area contributed by atoms with Gasteiger partial charge in [-0.25, -0.2) is 4.98 Å². The maximum Gasteiger partial charge on any atom is 0.245 e. The number of likely N-dealkylation sites (N-methyl/N-ethyl adjacent to an activating group) is 1. The average molecular weight is 1210 g/mol. The third-order valence-corrected chi connectivity index (χ3v) is 14.9. The van der Waals surface area contributed by atoms with E-state index in [1.807, 2.05) is 19.9 Å². The lowest BCUT2D eigenvalue weighted by Crippen LogP contribution is -2.61. The predicted molar refractivity (Wildman–Crippen MR) is 319 cm³/mol. The average Bonchev–Trinajstić information content (AvgIpc) is 3.47. The van der Waals surface area contributed by atoms with E-state index in [1.165, 1.54) is 41.7 Å². The first-order valence-corrected chi connectivity index (χ1v) is 29.3. The fourth-order valence-corrected chi connectivity index (χ4v) is 10.4. The Kier molecular flexibility index (Phi) is 25.4. The number of aromatic amines is 2. The van der Waals surface area contributed by atoms with Crippen molar-refractivity contribution in [3.8, 4) is 5.75 Å². The van der Waals surface area contributed by atoms with Crippen LogP contribution in [0.3, 0.4) is 0 Å². The predicted octanol–water partition coefficient (Wildman–Crippen LogP) is -2.75. The molecule has 29 nitrogen and oxygen atoms in total. The minimum Gasteiger partial charge on any atom is -0.508 e. The fourth-order valence-electron chi connectivity index (χ4n) is 10.4. The highest BCUT2D eigenvalue weighted by molar-refractivity contribution is 5.99. The number of phenolic OH excluding ortho intramolecular Hbond substituents is 1. The normalized spacial score (nSPS) is 17.1. The molecule has 4 aromatic rings. The summed E-state index contributed by atoms with van der Waals surface area (Å²) in [6.07, 6.45) is 5.82. The zero-order chi connectivity index (χ0) is 63.2. The Bertz CT molecular complexity index is 3040. The lowest BCUT2D eigenvalue weighted by Gasteiger charge is -2.30. The molecule has 0 spiro atoms. The molecule has 2 aliphatic rings. The summed E-state index contributed by atoms with van der Waals surface area (Å²) in [6.45, 7) is 5.23. The second-order valence-electron chi connectivity index (χ2n) is 22.1. The summed E-state index contributed by atoms with van der Waals surface area (Å²) in [7, 11) is 0. The van der Waals surface area contributed by atoms with E-state index in [1.54, 1.807) is 31.3 Å². The molecule has 2 fully saturated rings. The number of hydrogen-bond acceptors (Lipinski definition) is 15. The number of rotatable bonds is 33. The van der Waals surface area contributed by atoms with Gasteiger partial charge in [-0.05, 0) is 100 Å². The summed E-state index contributed by atoms with van der Waals surface area (Å²) in [4.78, 5) is 155. The molecule has 0 aliphatic carbocycles. The van der Waals surface area contributed by atoms with Gasteiger partial charge in [0.1, 0.15) is 60.1 Å². The van der Waals surface area contributed by atoms with Gasteiger partial charge >= 0.3 is 0 Å². The topological polar surface area (TPSA) is 458 Å². The number of fused-ring (bicyclic) bond motifs is 1. The molecule has 4 heterocycles. The number of aliphatic hydroxyl groups excluding tert-OH is 1. The first kappa shape index (κ1) is 67.0. The Labute approximate surface area is 503 Å². The van der Waals surface area contributed by atoms with Gasteiger partial charge in [0.05, 0.1) is 12.9 Å². The van der Waals surface area contributed by atoms with Gasteiger partial charge in [-0.1, -0.05) is 44.2 Å². The van der Waals surface area contributed by atoms with Gasteiger partial charge in [0.15, 0.2) is 5.96 Å². The van der Waals surface area contributed by atoms with Crippen LogP contribution < -0.4 is 65.1 Å². The van der Waals surface area contributed by atoms with Crippen molar-refractivity contribution in [2.45, 2.75) is 152 Å². The van der Waals surface area contributed by atoms with E-state index < -0.39 is 108 Å². The Morgan fingerprint density at radius 1 is 0.724 bits per heavy atom. The Morgan fingerprint density at radius 2 is 1.33 bits per heavy atom. The monoisotopic (exact) mass is 1210 g/mol. The second-order valence-corrected chi connectivity index (χ2v) is 22.1. The standard InChI is InChI=1S/C58H83N17O12/c1-4-63-56(86)47-14-9-23-75(47)57(87)41(13-8-22-64-58(60)61)69-51(81)42(24-32(2)3)70-49(79)39(12-7-21-59)68-52(82)43(25-33-15-17-36(77)18-16-33)71-55(85)46(30-76)74-53(83)44(26-34-28-65-38-11-6-5-10-37(34)38)72-54(84)45(27-35-29-62-31-66-35)73-50(80)40-19-20-48(78)67-40/h5-6,10-11,15-18,28-29,31-32,39-47,65,76-77H,4,7-9,12-14,19-27,30,59H2,1-3H3,(H,62,66)(H,63,86)(H,67,78)(H,68,82)(H,69,81)(H,70,79)(H,71,85)(H,72,84)(H,73,80)(H,74,83)(H4,60,61,64)/t39-,40+,41+,42+,43+,44+,45+,46+,47+/m1/s1. The van der Waals surface area contributed by atoms with E-state index in [-0.39, 0.29) is 113 Å². The molecule has 29 heteroatoms. The second kappa shape index (κ2) is 33.0. The minimum atomic E-state index is -1.76. The van der Waals surface area contributed by atoms with E-state index in [0.717, 1.165) is 0 Å². The fraction of sp³-hybridized carbons (Fsp3) is 0.517. The van der Waals surface area contributed by atoms with Crippen molar-refractivity contribution in [3.63, 3.8) is 0 Å². The molecule has 19 N–H and O–H groups in total. The van der Waals surface area contributed by atoms with Crippen LogP contribution in [-0.2, 0) is 67.2 Å². The van der Waals surface area contributed by atoms with Crippen molar-refractivity contribution in [1.29, 1.82) is 0 Å². The number of carbonyl (C=O) groups is 10. The summed E-state index contributed by atoms with van der Waals surface area (Å²) in [5, 5.41) is 45.7. The molecule has 2 aromatic heterocycles. The number of aromatic nitrogens is 3. The third kappa shape index (κ3) is 20.0. The molecular weight excluding hydrogens is 1130 g/mol. The van der Waals surface area contributed by atoms with E-state index in [2.05, 4.69) is 67.8 Å². The number of phenols is 1. The van der Waals surface area contributed by atoms with Crippen LogP contribution in [0.2, 0.25) is 0 Å². The quantitative estimate of drug-likeness (QED) is 0.0131. The van der Waals surface area contributed by atoms with Crippen LogP contribution in [0.5, 0.6) is 5.75 Å². The molecule has 6 rings (SSSR count). The molecule has 87 heavy (non-hydrogen) atoms. The first-order chi connectivity index (χ1) is 41.7. The van der Waals surface area contributed by atoms with Gasteiger partial charge in [0.25, 0.3) is 0 Å². The third-order valence-electron chi connectivity index (χ3n) is 14.9. The number of benzene rings is 2. The van der Waals surface area contributed by atoms with Gasteiger partial charge in [-0.2, -0.15) is 0 Å². The lowest BCUT2D eigenvalue weighted by molar-refractivity contribution is -0.142.